The lowest BCUT2D eigenvalue weighted by molar-refractivity contribution is -0.115. The molecule has 1 atom stereocenters. The molecule has 0 unspecified atom stereocenters. The second-order valence-electron chi connectivity index (χ2n) is 5.23. The molecule has 0 fully saturated rings. The van der Waals surface area contributed by atoms with Gasteiger partial charge in [-0.15, -0.1) is 11.3 Å². The molecule has 132 valence electrons. The highest BCUT2D eigenvalue weighted by Gasteiger charge is 2.25. The molecule has 3 N–H and O–H groups in total. The fourth-order valence-corrected chi connectivity index (χ4v) is 3.83. The van der Waals surface area contributed by atoms with Crippen LogP contribution in [0.1, 0.15) is 21.9 Å². The first-order chi connectivity index (χ1) is 13.1. The van der Waals surface area contributed by atoms with E-state index in [1.807, 2.05) is 42.5 Å². The minimum atomic E-state index is -0.679. The maximum absolute atomic E-state index is 12.9. The first-order valence-electron chi connectivity index (χ1n) is 7.65. The second kappa shape index (κ2) is 8.32. The molecule has 0 aliphatic heterocycles. The number of carbonyl (C=O) groups is 1. The number of rotatable bonds is 5. The average Bonchev–Trinajstić information content (AvgIpc) is 3.19. The van der Waals surface area contributed by atoms with E-state index in [2.05, 4.69) is 15.3 Å². The van der Waals surface area contributed by atoms with Gasteiger partial charge in [0.2, 0.25) is 5.91 Å². The second-order valence-corrected chi connectivity index (χ2v) is 7.22. The highest BCUT2D eigenvalue weighted by atomic mass is 32.2. The highest BCUT2D eigenvalue weighted by Crippen LogP contribution is 2.37. The lowest BCUT2D eigenvalue weighted by Crippen LogP contribution is -2.19. The van der Waals surface area contributed by atoms with E-state index in [-0.39, 0.29) is 27.9 Å². The van der Waals surface area contributed by atoms with Crippen molar-refractivity contribution in [3.05, 3.63) is 64.7 Å². The number of anilines is 2. The number of nitrogens with one attached hydrogen (secondary N) is 1. The van der Waals surface area contributed by atoms with Crippen molar-refractivity contribution in [1.29, 1.82) is 10.5 Å². The molecule has 3 aromatic rings. The van der Waals surface area contributed by atoms with Crippen LogP contribution in [0.4, 0.5) is 10.9 Å². The van der Waals surface area contributed by atoms with Crippen molar-refractivity contribution in [1.82, 2.24) is 9.97 Å². The van der Waals surface area contributed by atoms with E-state index in [0.717, 1.165) is 17.3 Å². The van der Waals surface area contributed by atoms with Gasteiger partial charge in [0.15, 0.2) is 5.13 Å². The van der Waals surface area contributed by atoms with Gasteiger partial charge in [-0.25, -0.2) is 9.97 Å². The molecular formula is C18H12N6OS2. The summed E-state index contributed by atoms with van der Waals surface area (Å²) < 4.78 is 0. The molecule has 1 amide bonds. The SMILES string of the molecule is N#Cc1cc(C#N)c(S[C@@H](C(=O)Nc2nccs2)c2ccccc2)nc1N. The van der Waals surface area contributed by atoms with E-state index < -0.39 is 5.25 Å². The normalized spacial score (nSPS) is 11.2. The van der Waals surface area contributed by atoms with Crippen LogP contribution in [0.15, 0.2) is 53.0 Å². The van der Waals surface area contributed by atoms with Gasteiger partial charge in [-0.3, -0.25) is 4.79 Å². The van der Waals surface area contributed by atoms with Gasteiger partial charge in [-0.1, -0.05) is 42.1 Å². The number of benzene rings is 1. The van der Waals surface area contributed by atoms with Crippen LogP contribution in [0.3, 0.4) is 0 Å². The topological polar surface area (TPSA) is 128 Å². The molecule has 27 heavy (non-hydrogen) atoms. The van der Waals surface area contributed by atoms with Gasteiger partial charge in [0.25, 0.3) is 0 Å². The predicted octanol–water partition coefficient (Wildman–Crippen LogP) is 3.34. The maximum atomic E-state index is 12.9. The van der Waals surface area contributed by atoms with Crippen molar-refractivity contribution >= 4 is 40.0 Å². The number of nitriles is 2. The van der Waals surface area contributed by atoms with E-state index >= 15 is 0 Å². The Balaban J connectivity index is 1.97. The van der Waals surface area contributed by atoms with Crippen molar-refractivity contribution in [2.45, 2.75) is 10.3 Å². The molecule has 0 saturated carbocycles. The van der Waals surface area contributed by atoms with E-state index in [0.29, 0.717) is 5.13 Å². The van der Waals surface area contributed by atoms with Crippen LogP contribution >= 0.6 is 23.1 Å². The van der Waals surface area contributed by atoms with Gasteiger partial charge < -0.3 is 11.1 Å². The smallest absolute Gasteiger partial charge is 0.244 e. The summed E-state index contributed by atoms with van der Waals surface area (Å²) in [7, 11) is 0. The molecule has 7 nitrogen and oxygen atoms in total. The van der Waals surface area contributed by atoms with Crippen molar-refractivity contribution < 1.29 is 4.79 Å². The zero-order valence-corrected chi connectivity index (χ0v) is 15.4. The quantitative estimate of drug-likeness (QED) is 0.637. The van der Waals surface area contributed by atoms with Crippen molar-refractivity contribution in [3.8, 4) is 12.1 Å². The van der Waals surface area contributed by atoms with Crippen LogP contribution in [0.5, 0.6) is 0 Å². The number of pyridine rings is 1. The lowest BCUT2D eigenvalue weighted by atomic mass is 10.1. The maximum Gasteiger partial charge on any atom is 0.244 e. The number of aromatic nitrogens is 2. The molecule has 2 aromatic heterocycles. The monoisotopic (exact) mass is 392 g/mol. The Hall–Kier alpha value is -3.40. The van der Waals surface area contributed by atoms with Crippen LogP contribution in [0.2, 0.25) is 0 Å². The molecule has 1 aromatic carbocycles. The van der Waals surface area contributed by atoms with Gasteiger partial charge >= 0.3 is 0 Å². The lowest BCUT2D eigenvalue weighted by Gasteiger charge is -2.16. The van der Waals surface area contributed by atoms with E-state index in [4.69, 9.17) is 11.0 Å². The number of hydrogen-bond donors (Lipinski definition) is 2. The summed E-state index contributed by atoms with van der Waals surface area (Å²) in [6, 6.07) is 14.4. The molecule has 3 rings (SSSR count). The number of nitrogens with zero attached hydrogens (tertiary/aromatic N) is 4. The Morgan fingerprint density at radius 2 is 1.96 bits per heavy atom. The van der Waals surface area contributed by atoms with E-state index in [1.54, 1.807) is 11.6 Å². The third-order valence-corrected chi connectivity index (χ3v) is 5.44. The Labute approximate surface area is 163 Å². The van der Waals surface area contributed by atoms with Crippen molar-refractivity contribution in [3.63, 3.8) is 0 Å². The van der Waals surface area contributed by atoms with Crippen LogP contribution in [0, 0.1) is 22.7 Å². The van der Waals surface area contributed by atoms with E-state index in [1.165, 1.54) is 17.4 Å². The van der Waals surface area contributed by atoms with Crippen molar-refractivity contribution in [2.75, 3.05) is 11.1 Å². The van der Waals surface area contributed by atoms with Crippen LogP contribution in [0.25, 0.3) is 0 Å². The first-order valence-corrected chi connectivity index (χ1v) is 9.41. The summed E-state index contributed by atoms with van der Waals surface area (Å²) in [5, 5.41) is 23.1. The fraction of sp³-hybridized carbons (Fsp3) is 0.0556. The van der Waals surface area contributed by atoms with Crippen LogP contribution < -0.4 is 11.1 Å². The third-order valence-electron chi connectivity index (χ3n) is 3.49. The van der Waals surface area contributed by atoms with Gasteiger partial charge in [0, 0.05) is 11.6 Å². The number of nitrogen functional groups attached to an aromatic ring is 1. The Kier molecular flexibility index (Phi) is 5.67. The fourth-order valence-electron chi connectivity index (χ4n) is 2.24. The number of thiazole rings is 1. The van der Waals surface area contributed by atoms with Crippen molar-refractivity contribution in [2.24, 2.45) is 0 Å². The van der Waals surface area contributed by atoms with Crippen LogP contribution in [-0.4, -0.2) is 15.9 Å². The Morgan fingerprint density at radius 3 is 2.59 bits per heavy atom. The summed E-state index contributed by atoms with van der Waals surface area (Å²) in [6.07, 6.45) is 1.60. The summed E-state index contributed by atoms with van der Waals surface area (Å²) >= 11 is 2.41. The van der Waals surface area contributed by atoms with Crippen LogP contribution in [-0.2, 0) is 4.79 Å². The third kappa shape index (κ3) is 4.23. The number of nitrogens with two attached hydrogens (primary N) is 1. The minimum absolute atomic E-state index is 0.0196. The van der Waals surface area contributed by atoms with Gasteiger partial charge in [-0.2, -0.15) is 10.5 Å². The molecule has 0 radical (unpaired) electrons. The average molecular weight is 392 g/mol. The first kappa shape index (κ1) is 18.4. The molecular weight excluding hydrogens is 380 g/mol. The highest BCUT2D eigenvalue weighted by molar-refractivity contribution is 8.00. The van der Waals surface area contributed by atoms with Gasteiger partial charge in [0.1, 0.15) is 28.2 Å². The number of amides is 1. The molecule has 0 saturated heterocycles. The Morgan fingerprint density at radius 1 is 1.22 bits per heavy atom. The predicted molar refractivity (Wildman–Crippen MR) is 104 cm³/mol. The number of hydrogen-bond acceptors (Lipinski definition) is 8. The largest absolute Gasteiger partial charge is 0.383 e. The zero-order valence-electron chi connectivity index (χ0n) is 13.8. The van der Waals surface area contributed by atoms with E-state index in [9.17, 15) is 10.1 Å². The molecule has 0 spiro atoms. The molecule has 2 heterocycles. The number of carbonyl (C=O) groups excluding carboxylic acids is 1. The minimum Gasteiger partial charge on any atom is -0.383 e. The molecule has 0 aliphatic carbocycles. The number of thioether (sulfide) groups is 1. The summed E-state index contributed by atoms with van der Waals surface area (Å²) in [5.74, 6) is -0.277. The molecule has 9 heteroatoms. The Bertz CT molecular complexity index is 1040. The van der Waals surface area contributed by atoms with Gasteiger partial charge in [-0.05, 0) is 11.6 Å². The summed E-state index contributed by atoms with van der Waals surface area (Å²) in [6.45, 7) is 0. The standard InChI is InChI=1S/C18H12N6OS2/c19-9-12-8-13(10-20)17(23-15(12)21)27-14(11-4-2-1-3-5-11)16(25)24-18-22-6-7-26-18/h1-8,14H,(H2,21,23)(H,22,24,25)/t14-/m1/s1. The van der Waals surface area contributed by atoms with Gasteiger partial charge in [0.05, 0.1) is 11.1 Å². The zero-order chi connectivity index (χ0) is 19.2. The summed E-state index contributed by atoms with van der Waals surface area (Å²) in [4.78, 5) is 21.1. The molecule has 0 bridgehead atoms. The molecule has 0 aliphatic rings. The summed E-state index contributed by atoms with van der Waals surface area (Å²) in [5.41, 5.74) is 6.84.